The van der Waals surface area contributed by atoms with E-state index in [1.807, 2.05) is 6.07 Å². The number of rotatable bonds is 3. The molecule has 0 aromatic carbocycles. The Bertz CT molecular complexity index is 195. The molecular formula is C7H11NO2S. The Balaban J connectivity index is 3.92. The van der Waals surface area contributed by atoms with Crippen LogP contribution in [-0.4, -0.2) is 16.2 Å². The van der Waals surface area contributed by atoms with Gasteiger partial charge in [0.15, 0.2) is 0 Å². The van der Waals surface area contributed by atoms with E-state index in [-0.39, 0.29) is 0 Å². The van der Waals surface area contributed by atoms with Crippen LogP contribution < -0.4 is 0 Å². The molecule has 0 rings (SSSR count). The molecule has 0 radical (unpaired) electrons. The van der Waals surface area contributed by atoms with Crippen LogP contribution in [0.15, 0.2) is 11.5 Å². The van der Waals surface area contributed by atoms with Gasteiger partial charge in [-0.05, 0) is 12.3 Å². The fraction of sp³-hybridized carbons (Fsp3) is 0.429. The second kappa shape index (κ2) is 5.81. The number of hydrogen-bond acceptors (Lipinski definition) is 2. The van der Waals surface area contributed by atoms with Gasteiger partial charge >= 0.3 is 5.30 Å². The summed E-state index contributed by atoms with van der Waals surface area (Å²) < 4.78 is 0. The van der Waals surface area contributed by atoms with Crippen molar-refractivity contribution < 1.29 is 9.90 Å². The van der Waals surface area contributed by atoms with Crippen LogP contribution in [0, 0.1) is 11.3 Å². The Morgan fingerprint density at radius 3 is 2.82 bits per heavy atom. The fourth-order valence-electron chi connectivity index (χ4n) is 0.584. The predicted octanol–water partition coefficient (Wildman–Crippen LogP) is 2.11. The molecule has 0 fully saturated rings. The smallest absolute Gasteiger partial charge is 0.348 e. The summed E-state index contributed by atoms with van der Waals surface area (Å²) in [5.41, 5.74) is 0. The zero-order valence-corrected chi connectivity index (χ0v) is 7.21. The molecule has 4 heteroatoms. The number of hydrogen-bond donors (Lipinski definition) is 2. The Hall–Kier alpha value is -0.950. The van der Waals surface area contributed by atoms with E-state index in [1.54, 1.807) is 18.4 Å². The van der Waals surface area contributed by atoms with E-state index in [0.717, 1.165) is 0 Å². The fourth-order valence-corrected chi connectivity index (χ4v) is 1.75. The maximum atomic E-state index is 10.5. The summed E-state index contributed by atoms with van der Waals surface area (Å²) in [5.74, 6) is 0.464. The van der Waals surface area contributed by atoms with Gasteiger partial charge in [-0.1, -0.05) is 6.08 Å². The van der Waals surface area contributed by atoms with Crippen molar-refractivity contribution in [2.45, 2.75) is 13.3 Å². The number of allylic oxidation sites excluding steroid dienone is 1. The lowest BCUT2D eigenvalue weighted by Gasteiger charge is -2.07. The molecule has 0 heterocycles. The highest BCUT2D eigenvalue weighted by Crippen LogP contribution is 2.27. The standard InChI is InChI=1S/C7H11NO2S/c1-2-5-11(7(9)10)6-3-4-8/h2,5,11H,3,6H2,1H3,(H,9,10). The highest BCUT2D eigenvalue weighted by atomic mass is 32.2. The summed E-state index contributed by atoms with van der Waals surface area (Å²) in [7, 11) is -1.11. The average Bonchev–Trinajstić information content (AvgIpc) is 1.97. The van der Waals surface area contributed by atoms with Crippen molar-refractivity contribution in [3.05, 3.63) is 11.5 Å². The molecule has 0 aliphatic heterocycles. The normalized spacial score (nSPS) is 14.4. The molecule has 0 aromatic rings. The number of nitrogens with zero attached hydrogens (tertiary/aromatic N) is 1. The molecule has 0 saturated carbocycles. The Labute approximate surface area is 68.7 Å². The molecule has 11 heavy (non-hydrogen) atoms. The largest absolute Gasteiger partial charge is 0.474 e. The van der Waals surface area contributed by atoms with Crippen LogP contribution in [0.2, 0.25) is 0 Å². The lowest BCUT2D eigenvalue weighted by molar-refractivity contribution is 0.222. The summed E-state index contributed by atoms with van der Waals surface area (Å²) in [5, 5.41) is 17.7. The van der Waals surface area contributed by atoms with Crippen LogP contribution in [0.4, 0.5) is 4.79 Å². The van der Waals surface area contributed by atoms with Crippen molar-refractivity contribution in [1.82, 2.24) is 0 Å². The second-order valence-electron chi connectivity index (χ2n) is 1.87. The van der Waals surface area contributed by atoms with Gasteiger partial charge in [-0.15, -0.1) is 10.9 Å². The van der Waals surface area contributed by atoms with E-state index < -0.39 is 16.2 Å². The number of carboxylic acid groups (broad SMARTS) is 1. The van der Waals surface area contributed by atoms with Crippen LogP contribution in [0.25, 0.3) is 0 Å². The first-order valence-corrected chi connectivity index (χ1v) is 4.81. The maximum Gasteiger partial charge on any atom is 0.348 e. The van der Waals surface area contributed by atoms with Crippen molar-refractivity contribution in [1.29, 1.82) is 5.26 Å². The van der Waals surface area contributed by atoms with Gasteiger partial charge in [-0.3, -0.25) is 0 Å². The molecule has 0 spiro atoms. The van der Waals surface area contributed by atoms with E-state index in [0.29, 0.717) is 12.2 Å². The quantitative estimate of drug-likeness (QED) is 0.642. The van der Waals surface area contributed by atoms with Crippen LogP contribution in [0.3, 0.4) is 0 Å². The Kier molecular flexibility index (Phi) is 5.30. The summed E-state index contributed by atoms with van der Waals surface area (Å²) in [6.45, 7) is 1.78. The minimum atomic E-state index is -1.11. The first kappa shape index (κ1) is 10.0. The van der Waals surface area contributed by atoms with Gasteiger partial charge in [0.25, 0.3) is 0 Å². The summed E-state index contributed by atoms with van der Waals surface area (Å²) in [6, 6.07) is 1.93. The van der Waals surface area contributed by atoms with Gasteiger partial charge in [0, 0.05) is 12.2 Å². The van der Waals surface area contributed by atoms with E-state index in [9.17, 15) is 4.79 Å². The van der Waals surface area contributed by atoms with E-state index in [4.69, 9.17) is 10.4 Å². The molecule has 1 N–H and O–H groups in total. The maximum absolute atomic E-state index is 10.5. The molecule has 0 aliphatic rings. The molecular weight excluding hydrogens is 162 g/mol. The highest BCUT2D eigenvalue weighted by Gasteiger charge is 2.06. The molecule has 0 amide bonds. The molecule has 0 bridgehead atoms. The minimum absolute atomic E-state index is 0.322. The molecule has 0 aliphatic carbocycles. The predicted molar refractivity (Wildman–Crippen MR) is 46.9 cm³/mol. The van der Waals surface area contributed by atoms with Gasteiger partial charge < -0.3 is 5.11 Å². The summed E-state index contributed by atoms with van der Waals surface area (Å²) in [6.07, 6.45) is 2.04. The van der Waals surface area contributed by atoms with Crippen molar-refractivity contribution in [3.63, 3.8) is 0 Å². The van der Waals surface area contributed by atoms with Crippen LogP contribution in [0.1, 0.15) is 13.3 Å². The van der Waals surface area contributed by atoms with Gasteiger partial charge in [-0.2, -0.15) is 5.26 Å². The average molecular weight is 173 g/mol. The molecule has 0 aromatic heterocycles. The number of nitriles is 1. The number of thiol groups is 1. The van der Waals surface area contributed by atoms with E-state index in [2.05, 4.69) is 0 Å². The van der Waals surface area contributed by atoms with Crippen molar-refractivity contribution >= 4 is 16.2 Å². The molecule has 3 nitrogen and oxygen atoms in total. The first-order chi connectivity index (χ1) is 5.22. The van der Waals surface area contributed by atoms with Gasteiger partial charge in [-0.25, -0.2) is 4.79 Å². The zero-order valence-electron chi connectivity index (χ0n) is 6.32. The molecule has 1 atom stereocenters. The van der Waals surface area contributed by atoms with Crippen LogP contribution >= 0.6 is 10.9 Å². The summed E-state index contributed by atoms with van der Waals surface area (Å²) >= 11 is 0. The third kappa shape index (κ3) is 4.45. The molecule has 1 unspecified atom stereocenters. The monoisotopic (exact) mass is 173 g/mol. The van der Waals surface area contributed by atoms with Crippen molar-refractivity contribution in [2.75, 3.05) is 5.75 Å². The summed E-state index contributed by atoms with van der Waals surface area (Å²) in [4.78, 5) is 10.5. The third-order valence-corrected chi connectivity index (χ3v) is 2.89. The first-order valence-electron chi connectivity index (χ1n) is 3.21. The lowest BCUT2D eigenvalue weighted by Crippen LogP contribution is -1.96. The highest BCUT2D eigenvalue weighted by molar-refractivity contribution is 8.31. The minimum Gasteiger partial charge on any atom is -0.474 e. The Morgan fingerprint density at radius 2 is 2.45 bits per heavy atom. The molecule has 0 saturated heterocycles. The lowest BCUT2D eigenvalue weighted by atomic mass is 10.6. The van der Waals surface area contributed by atoms with Crippen molar-refractivity contribution in [2.24, 2.45) is 0 Å². The topological polar surface area (TPSA) is 61.1 Å². The van der Waals surface area contributed by atoms with Gasteiger partial charge in [0.05, 0.1) is 6.07 Å². The van der Waals surface area contributed by atoms with E-state index >= 15 is 0 Å². The molecule has 62 valence electrons. The van der Waals surface area contributed by atoms with Crippen LogP contribution in [-0.2, 0) is 0 Å². The van der Waals surface area contributed by atoms with E-state index in [1.165, 1.54) is 0 Å². The van der Waals surface area contributed by atoms with Gasteiger partial charge in [0.1, 0.15) is 0 Å². The van der Waals surface area contributed by atoms with Gasteiger partial charge in [0.2, 0.25) is 0 Å². The SMILES string of the molecule is CC=C[SH](CCC#N)C(=O)O. The second-order valence-corrected chi connectivity index (χ2v) is 3.93. The Morgan fingerprint density at radius 1 is 1.82 bits per heavy atom. The van der Waals surface area contributed by atoms with Crippen LogP contribution in [0.5, 0.6) is 0 Å². The number of carbonyl (C=O) groups is 1. The third-order valence-electron chi connectivity index (χ3n) is 1.04. The van der Waals surface area contributed by atoms with Crippen molar-refractivity contribution in [3.8, 4) is 6.07 Å². The zero-order chi connectivity index (χ0) is 8.69.